The van der Waals surface area contributed by atoms with Gasteiger partial charge in [-0.05, 0) is 56.5 Å². The average molecular weight is 399 g/mol. The number of carbonyl (C=O) groups excluding carboxylic acids is 1. The van der Waals surface area contributed by atoms with Gasteiger partial charge in [-0.25, -0.2) is 14.4 Å². The topological polar surface area (TPSA) is 55.3 Å². The number of fused-ring (bicyclic) bond motifs is 1. The largest absolute Gasteiger partial charge is 0.492 e. The summed E-state index contributed by atoms with van der Waals surface area (Å²) in [6.07, 6.45) is 2.30. The smallest absolute Gasteiger partial charge is 0.264 e. The number of aromatic nitrogens is 2. The second-order valence-electron chi connectivity index (χ2n) is 7.21. The molecular weight excluding hydrogens is 377 g/mol. The van der Waals surface area contributed by atoms with E-state index < -0.39 is 0 Å². The summed E-state index contributed by atoms with van der Waals surface area (Å²) in [6, 6.07) is 5.85. The summed E-state index contributed by atoms with van der Waals surface area (Å²) in [5.74, 6) is 1.62. The minimum Gasteiger partial charge on any atom is -0.492 e. The molecule has 1 saturated carbocycles. The lowest BCUT2D eigenvalue weighted by Gasteiger charge is -2.17. The van der Waals surface area contributed by atoms with Crippen LogP contribution in [-0.2, 0) is 0 Å². The zero-order valence-electron chi connectivity index (χ0n) is 16.2. The molecule has 28 heavy (non-hydrogen) atoms. The Labute approximate surface area is 167 Å². The fourth-order valence-electron chi connectivity index (χ4n) is 3.19. The standard InChI is InChI=1S/C21H22FN3O2S/c1-12-17-13(2)23-19(14-4-5-14)24-20(17)28-18(12)21(26)25(3)10-11-27-16-8-6-15(22)7-9-16/h6-9,14H,4-5,10-11H2,1-3H3. The predicted molar refractivity (Wildman–Crippen MR) is 108 cm³/mol. The molecule has 3 aromatic rings. The quantitative estimate of drug-likeness (QED) is 0.613. The molecule has 1 aliphatic rings. The maximum atomic E-state index is 12.9. The van der Waals surface area contributed by atoms with Crippen molar-refractivity contribution < 1.29 is 13.9 Å². The number of nitrogens with zero attached hydrogens (tertiary/aromatic N) is 3. The third-order valence-electron chi connectivity index (χ3n) is 4.98. The molecule has 4 rings (SSSR count). The lowest BCUT2D eigenvalue weighted by molar-refractivity contribution is 0.0778. The van der Waals surface area contributed by atoms with E-state index in [0.29, 0.717) is 29.7 Å². The van der Waals surface area contributed by atoms with Crippen molar-refractivity contribution in [3.8, 4) is 5.75 Å². The predicted octanol–water partition coefficient (Wildman–Crippen LogP) is 4.48. The maximum Gasteiger partial charge on any atom is 0.264 e. The number of likely N-dealkylation sites (N-methyl/N-ethyl adjacent to an activating group) is 1. The molecule has 146 valence electrons. The number of thiophene rings is 1. The van der Waals surface area contributed by atoms with Crippen molar-refractivity contribution in [2.45, 2.75) is 32.6 Å². The fourth-order valence-corrected chi connectivity index (χ4v) is 4.43. The van der Waals surface area contributed by atoms with E-state index in [2.05, 4.69) is 4.98 Å². The Morgan fingerprint density at radius 2 is 1.96 bits per heavy atom. The van der Waals surface area contributed by atoms with E-state index in [-0.39, 0.29) is 11.7 Å². The molecular formula is C21H22FN3O2S. The Kier molecular flexibility index (Phi) is 5.02. The molecule has 0 spiro atoms. The van der Waals surface area contributed by atoms with Crippen molar-refractivity contribution in [1.82, 2.24) is 14.9 Å². The van der Waals surface area contributed by atoms with Gasteiger partial charge in [0, 0.05) is 18.4 Å². The Balaban J connectivity index is 1.47. The van der Waals surface area contributed by atoms with Gasteiger partial charge < -0.3 is 9.64 Å². The van der Waals surface area contributed by atoms with Crippen molar-refractivity contribution in [2.75, 3.05) is 20.2 Å². The Hall–Kier alpha value is -2.54. The molecule has 1 fully saturated rings. The van der Waals surface area contributed by atoms with E-state index in [9.17, 15) is 9.18 Å². The first-order chi connectivity index (χ1) is 13.4. The molecule has 5 nitrogen and oxygen atoms in total. The van der Waals surface area contributed by atoms with Gasteiger partial charge in [-0.2, -0.15) is 0 Å². The number of ether oxygens (including phenoxy) is 1. The van der Waals surface area contributed by atoms with Gasteiger partial charge in [0.15, 0.2) is 0 Å². The lowest BCUT2D eigenvalue weighted by atomic mass is 10.1. The first-order valence-corrected chi connectivity index (χ1v) is 10.2. The third-order valence-corrected chi connectivity index (χ3v) is 6.15. The molecule has 0 N–H and O–H groups in total. The van der Waals surface area contributed by atoms with Crippen LogP contribution in [0.3, 0.4) is 0 Å². The van der Waals surface area contributed by atoms with Crippen molar-refractivity contribution in [3.05, 3.63) is 52.0 Å². The first kappa shape index (κ1) is 18.8. The van der Waals surface area contributed by atoms with Gasteiger partial charge in [-0.3, -0.25) is 4.79 Å². The second kappa shape index (κ2) is 7.47. The molecule has 0 atom stereocenters. The highest BCUT2D eigenvalue weighted by molar-refractivity contribution is 7.20. The highest BCUT2D eigenvalue weighted by Gasteiger charge is 2.29. The summed E-state index contributed by atoms with van der Waals surface area (Å²) in [4.78, 5) is 25.6. The number of rotatable bonds is 6. The van der Waals surface area contributed by atoms with Gasteiger partial charge in [-0.1, -0.05) is 0 Å². The molecule has 1 amide bonds. The first-order valence-electron chi connectivity index (χ1n) is 9.35. The highest BCUT2D eigenvalue weighted by Crippen LogP contribution is 2.40. The summed E-state index contributed by atoms with van der Waals surface area (Å²) in [5, 5.41) is 0.994. The van der Waals surface area contributed by atoms with Crippen LogP contribution < -0.4 is 4.74 Å². The molecule has 0 radical (unpaired) electrons. The highest BCUT2D eigenvalue weighted by atomic mass is 32.1. The lowest BCUT2D eigenvalue weighted by Crippen LogP contribution is -2.30. The number of hydrogen-bond acceptors (Lipinski definition) is 5. The van der Waals surface area contributed by atoms with Crippen LogP contribution in [0.4, 0.5) is 4.39 Å². The van der Waals surface area contributed by atoms with Gasteiger partial charge in [-0.15, -0.1) is 11.3 Å². The van der Waals surface area contributed by atoms with Crippen molar-refractivity contribution >= 4 is 27.5 Å². The van der Waals surface area contributed by atoms with E-state index in [1.807, 2.05) is 13.8 Å². The minimum absolute atomic E-state index is 0.0458. The van der Waals surface area contributed by atoms with Crippen molar-refractivity contribution in [3.63, 3.8) is 0 Å². The summed E-state index contributed by atoms with van der Waals surface area (Å²) < 4.78 is 18.5. The molecule has 2 heterocycles. The SMILES string of the molecule is Cc1nc(C2CC2)nc2sc(C(=O)N(C)CCOc3ccc(F)cc3)c(C)c12. The van der Waals surface area contributed by atoms with E-state index >= 15 is 0 Å². The van der Waals surface area contributed by atoms with Crippen LogP contribution in [0.5, 0.6) is 5.75 Å². The van der Waals surface area contributed by atoms with Crippen LogP contribution in [0.1, 0.15) is 45.5 Å². The molecule has 0 bridgehead atoms. The normalized spacial score (nSPS) is 13.7. The van der Waals surface area contributed by atoms with Gasteiger partial charge in [0.1, 0.15) is 28.8 Å². The van der Waals surface area contributed by atoms with E-state index in [4.69, 9.17) is 9.72 Å². The number of aryl methyl sites for hydroxylation is 2. The van der Waals surface area contributed by atoms with E-state index in [1.54, 1.807) is 24.1 Å². The van der Waals surface area contributed by atoms with Crippen LogP contribution in [0.25, 0.3) is 10.2 Å². The molecule has 0 saturated heterocycles. The summed E-state index contributed by atoms with van der Waals surface area (Å²) in [6.45, 7) is 4.72. The van der Waals surface area contributed by atoms with E-state index in [1.165, 1.54) is 23.5 Å². The van der Waals surface area contributed by atoms with Crippen LogP contribution in [0.2, 0.25) is 0 Å². The third kappa shape index (κ3) is 3.71. The van der Waals surface area contributed by atoms with Crippen LogP contribution >= 0.6 is 11.3 Å². The summed E-state index contributed by atoms with van der Waals surface area (Å²) in [5.41, 5.74) is 1.89. The van der Waals surface area contributed by atoms with Gasteiger partial charge in [0.25, 0.3) is 5.91 Å². The average Bonchev–Trinajstić information content (AvgIpc) is 3.46. The van der Waals surface area contributed by atoms with Crippen LogP contribution in [0.15, 0.2) is 24.3 Å². The molecule has 1 aliphatic carbocycles. The fraction of sp³-hybridized carbons (Fsp3) is 0.381. The second-order valence-corrected chi connectivity index (χ2v) is 8.21. The van der Waals surface area contributed by atoms with Gasteiger partial charge in [0.05, 0.1) is 17.1 Å². The van der Waals surface area contributed by atoms with Gasteiger partial charge >= 0.3 is 0 Å². The zero-order chi connectivity index (χ0) is 19.8. The molecule has 0 unspecified atom stereocenters. The monoisotopic (exact) mass is 399 g/mol. The van der Waals surface area contributed by atoms with Crippen molar-refractivity contribution in [1.29, 1.82) is 0 Å². The Bertz CT molecular complexity index is 1030. The van der Waals surface area contributed by atoms with Crippen LogP contribution in [-0.4, -0.2) is 41.0 Å². The van der Waals surface area contributed by atoms with Crippen molar-refractivity contribution in [2.24, 2.45) is 0 Å². The number of amides is 1. The minimum atomic E-state index is -0.303. The number of carbonyl (C=O) groups is 1. The summed E-state index contributed by atoms with van der Waals surface area (Å²) in [7, 11) is 1.76. The molecule has 7 heteroatoms. The number of hydrogen-bond donors (Lipinski definition) is 0. The molecule has 0 aliphatic heterocycles. The van der Waals surface area contributed by atoms with E-state index in [0.717, 1.165) is 40.1 Å². The Morgan fingerprint density at radius 3 is 2.64 bits per heavy atom. The molecule has 2 aromatic heterocycles. The summed E-state index contributed by atoms with van der Waals surface area (Å²) >= 11 is 1.44. The zero-order valence-corrected chi connectivity index (χ0v) is 17.0. The number of halogens is 1. The molecule has 1 aromatic carbocycles. The van der Waals surface area contributed by atoms with Crippen LogP contribution in [0, 0.1) is 19.7 Å². The maximum absolute atomic E-state index is 12.9. The number of benzene rings is 1. The Morgan fingerprint density at radius 1 is 1.25 bits per heavy atom. The van der Waals surface area contributed by atoms with Gasteiger partial charge in [0.2, 0.25) is 0 Å².